The smallest absolute Gasteiger partial charge is 0.166 e. The van der Waals surface area contributed by atoms with E-state index in [1.165, 1.54) is 31.6 Å². The Kier molecular flexibility index (Phi) is 9.88. The lowest BCUT2D eigenvalue weighted by Crippen LogP contribution is -2.32. The van der Waals surface area contributed by atoms with Gasteiger partial charge in [-0.3, -0.25) is 4.79 Å². The fraction of sp³-hybridized carbons (Fsp3) is 0.435. The van der Waals surface area contributed by atoms with Gasteiger partial charge < -0.3 is 21.3 Å². The zero-order chi connectivity index (χ0) is 21.1. The number of nitrogens with two attached hydrogens (primary N) is 1. The van der Waals surface area contributed by atoms with Crippen molar-refractivity contribution in [2.45, 2.75) is 25.1 Å². The van der Waals surface area contributed by atoms with Gasteiger partial charge in [0.05, 0.1) is 11.1 Å². The summed E-state index contributed by atoms with van der Waals surface area (Å²) in [6.07, 6.45) is 12.1. The SMILES string of the molecule is CC1C=CC=CC1C1NC(C=O)=CS1.CNC.Nc1ccc(N2CCCC2)cc1. The van der Waals surface area contributed by atoms with Crippen molar-refractivity contribution in [3.8, 4) is 0 Å². The first-order valence-corrected chi connectivity index (χ1v) is 11.1. The molecule has 1 saturated heterocycles. The number of allylic oxidation sites excluding steroid dienone is 4. The number of hydrogen-bond acceptors (Lipinski definition) is 6. The highest BCUT2D eigenvalue weighted by molar-refractivity contribution is 8.03. The molecule has 0 amide bonds. The highest BCUT2D eigenvalue weighted by atomic mass is 32.2. The van der Waals surface area contributed by atoms with Gasteiger partial charge in [-0.25, -0.2) is 0 Å². The van der Waals surface area contributed by atoms with Crippen molar-refractivity contribution in [3.05, 3.63) is 59.7 Å². The van der Waals surface area contributed by atoms with Crippen LogP contribution < -0.4 is 21.3 Å². The van der Waals surface area contributed by atoms with E-state index in [-0.39, 0.29) is 0 Å². The van der Waals surface area contributed by atoms with E-state index in [1.807, 2.05) is 31.6 Å². The van der Waals surface area contributed by atoms with E-state index in [1.54, 1.807) is 11.8 Å². The summed E-state index contributed by atoms with van der Waals surface area (Å²) in [7, 11) is 3.75. The van der Waals surface area contributed by atoms with Gasteiger partial charge in [-0.1, -0.05) is 31.2 Å². The second-order valence-electron chi connectivity index (χ2n) is 7.38. The predicted octanol–water partition coefficient (Wildman–Crippen LogP) is 3.77. The number of nitrogen functional groups attached to an aromatic ring is 1. The van der Waals surface area contributed by atoms with Crippen molar-refractivity contribution >= 4 is 29.4 Å². The van der Waals surface area contributed by atoms with Crippen LogP contribution in [0.2, 0.25) is 0 Å². The predicted molar refractivity (Wildman–Crippen MR) is 127 cm³/mol. The molecule has 0 bridgehead atoms. The maximum absolute atomic E-state index is 10.5. The summed E-state index contributed by atoms with van der Waals surface area (Å²) in [6, 6.07) is 8.13. The second kappa shape index (κ2) is 12.4. The minimum Gasteiger partial charge on any atom is -0.399 e. The Bertz CT molecular complexity index is 708. The number of benzene rings is 1. The van der Waals surface area contributed by atoms with Crippen LogP contribution in [0.25, 0.3) is 0 Å². The van der Waals surface area contributed by atoms with E-state index in [9.17, 15) is 4.79 Å². The van der Waals surface area contributed by atoms with Crippen molar-refractivity contribution in [2.24, 2.45) is 11.8 Å². The van der Waals surface area contributed by atoms with E-state index >= 15 is 0 Å². The largest absolute Gasteiger partial charge is 0.399 e. The van der Waals surface area contributed by atoms with Crippen molar-refractivity contribution in [2.75, 3.05) is 37.8 Å². The Morgan fingerprint density at radius 2 is 1.76 bits per heavy atom. The first-order chi connectivity index (χ1) is 14.1. The number of nitrogens with one attached hydrogen (secondary N) is 2. The summed E-state index contributed by atoms with van der Waals surface area (Å²) >= 11 is 1.70. The van der Waals surface area contributed by atoms with Gasteiger partial charge in [0, 0.05) is 30.4 Å². The summed E-state index contributed by atoms with van der Waals surface area (Å²) < 4.78 is 0. The van der Waals surface area contributed by atoms with Crippen LogP contribution in [-0.2, 0) is 4.79 Å². The molecule has 1 fully saturated rings. The normalized spacial score (nSPS) is 24.6. The molecule has 0 aromatic heterocycles. The molecule has 4 rings (SSSR count). The molecule has 0 saturated carbocycles. The molecule has 0 spiro atoms. The van der Waals surface area contributed by atoms with E-state index in [2.05, 4.69) is 58.9 Å². The highest BCUT2D eigenvalue weighted by Gasteiger charge is 2.27. The van der Waals surface area contributed by atoms with Crippen LogP contribution in [0.3, 0.4) is 0 Å². The van der Waals surface area contributed by atoms with Crippen LogP contribution >= 0.6 is 11.8 Å². The average molecular weight is 415 g/mol. The fourth-order valence-corrected chi connectivity index (χ4v) is 4.54. The molecule has 0 radical (unpaired) electrons. The summed E-state index contributed by atoms with van der Waals surface area (Å²) in [5.41, 5.74) is 8.46. The second-order valence-corrected chi connectivity index (χ2v) is 8.40. The maximum atomic E-state index is 10.5. The monoisotopic (exact) mass is 414 g/mol. The number of hydrogen-bond donors (Lipinski definition) is 3. The summed E-state index contributed by atoms with van der Waals surface area (Å²) in [5.74, 6) is 1.00. The molecule has 6 heteroatoms. The molecule has 3 atom stereocenters. The minimum atomic E-state index is 0.311. The average Bonchev–Trinajstić information content (AvgIpc) is 3.42. The Balaban J connectivity index is 0.000000184. The van der Waals surface area contributed by atoms with Gasteiger partial charge >= 0.3 is 0 Å². The van der Waals surface area contributed by atoms with E-state index in [0.717, 1.165) is 12.0 Å². The fourth-order valence-electron chi connectivity index (χ4n) is 3.40. The number of carbonyl (C=O) groups is 1. The van der Waals surface area contributed by atoms with Crippen LogP contribution in [0, 0.1) is 11.8 Å². The molecule has 5 nitrogen and oxygen atoms in total. The van der Waals surface area contributed by atoms with Crippen LogP contribution in [0.1, 0.15) is 19.8 Å². The zero-order valence-electron chi connectivity index (χ0n) is 17.7. The number of carbonyl (C=O) groups excluding carboxylic acids is 1. The molecule has 1 aromatic carbocycles. The first kappa shape index (κ1) is 23.1. The molecule has 2 aliphatic heterocycles. The van der Waals surface area contributed by atoms with Gasteiger partial charge in [-0.05, 0) is 62.5 Å². The van der Waals surface area contributed by atoms with Gasteiger partial charge in [0.15, 0.2) is 6.29 Å². The van der Waals surface area contributed by atoms with Crippen molar-refractivity contribution < 1.29 is 4.79 Å². The van der Waals surface area contributed by atoms with Gasteiger partial charge in [0.2, 0.25) is 0 Å². The zero-order valence-corrected chi connectivity index (χ0v) is 18.5. The Labute approximate surface area is 179 Å². The summed E-state index contributed by atoms with van der Waals surface area (Å²) in [4.78, 5) is 12.9. The third-order valence-electron chi connectivity index (χ3n) is 4.96. The van der Waals surface area contributed by atoms with Gasteiger partial charge in [-0.15, -0.1) is 11.8 Å². The van der Waals surface area contributed by atoms with Crippen molar-refractivity contribution in [3.63, 3.8) is 0 Å². The van der Waals surface area contributed by atoms with E-state index < -0.39 is 0 Å². The van der Waals surface area contributed by atoms with Crippen molar-refractivity contribution in [1.82, 2.24) is 10.6 Å². The van der Waals surface area contributed by atoms with E-state index in [0.29, 0.717) is 22.9 Å². The van der Waals surface area contributed by atoms with Crippen LogP contribution in [-0.4, -0.2) is 38.8 Å². The Morgan fingerprint density at radius 3 is 2.31 bits per heavy atom. The van der Waals surface area contributed by atoms with Crippen LogP contribution in [0.15, 0.2) is 59.7 Å². The lowest BCUT2D eigenvalue weighted by atomic mass is 9.90. The van der Waals surface area contributed by atoms with Gasteiger partial charge in [0.1, 0.15) is 0 Å². The minimum absolute atomic E-state index is 0.311. The maximum Gasteiger partial charge on any atom is 0.166 e. The van der Waals surface area contributed by atoms with Crippen LogP contribution in [0.4, 0.5) is 11.4 Å². The van der Waals surface area contributed by atoms with Crippen LogP contribution in [0.5, 0.6) is 0 Å². The molecule has 1 aliphatic carbocycles. The first-order valence-electron chi connectivity index (χ1n) is 10.2. The number of aldehydes is 1. The third kappa shape index (κ3) is 7.29. The van der Waals surface area contributed by atoms with Gasteiger partial charge in [0.25, 0.3) is 0 Å². The third-order valence-corrected chi connectivity index (χ3v) is 6.07. The summed E-state index contributed by atoms with van der Waals surface area (Å²) in [6.45, 7) is 4.60. The lowest BCUT2D eigenvalue weighted by molar-refractivity contribution is -0.105. The lowest BCUT2D eigenvalue weighted by Gasteiger charge is -2.26. The molecule has 4 N–H and O–H groups in total. The molecule has 158 valence electrons. The number of rotatable bonds is 3. The van der Waals surface area contributed by atoms with Crippen molar-refractivity contribution in [1.29, 1.82) is 0 Å². The topological polar surface area (TPSA) is 70.4 Å². The molecule has 3 aliphatic rings. The summed E-state index contributed by atoms with van der Waals surface area (Å²) in [5, 5.41) is 8.17. The molecular weight excluding hydrogens is 380 g/mol. The molecule has 3 unspecified atom stereocenters. The number of anilines is 2. The molecule has 2 heterocycles. The molecule has 1 aromatic rings. The van der Waals surface area contributed by atoms with E-state index in [4.69, 9.17) is 5.73 Å². The Hall–Kier alpha value is -2.18. The Morgan fingerprint density at radius 1 is 1.14 bits per heavy atom. The number of nitrogens with zero attached hydrogens (tertiary/aromatic N) is 1. The standard InChI is InChI=1S/C11H13NOS.C10H14N2.C2H7N/c1-8-4-2-3-5-10(8)11-12-9(6-13)7-14-11;11-9-3-5-10(6-4-9)12-7-1-2-8-12;1-3-2/h2-8,10-12H,1H3;3-6H,1-2,7-8,11H2;3H,1-2H3. The quantitative estimate of drug-likeness (QED) is 0.517. The molecule has 29 heavy (non-hydrogen) atoms. The molecular formula is C23H34N4OS. The van der Waals surface area contributed by atoms with Gasteiger partial charge in [-0.2, -0.15) is 0 Å². The highest BCUT2D eigenvalue weighted by Crippen LogP contribution is 2.33. The number of thioether (sulfide) groups is 1.